The number of amides is 2. The second-order valence-corrected chi connectivity index (χ2v) is 5.69. The summed E-state index contributed by atoms with van der Waals surface area (Å²) >= 11 is 0. The number of carbonyl (C=O) groups is 1. The number of rotatable bonds is 5. The number of aromatic nitrogens is 5. The van der Waals surface area contributed by atoms with Crippen molar-refractivity contribution in [1.82, 2.24) is 30.2 Å². The number of hydrogen-bond acceptors (Lipinski definition) is 6. The summed E-state index contributed by atoms with van der Waals surface area (Å²) in [5.74, 6) is 1.08. The summed E-state index contributed by atoms with van der Waals surface area (Å²) in [7, 11) is 0. The Labute approximate surface area is 138 Å². The minimum absolute atomic E-state index is 0.227. The van der Waals surface area contributed by atoms with Gasteiger partial charge in [-0.2, -0.15) is 10.1 Å². The Kier molecular flexibility index (Phi) is 4.41. The molecule has 0 bridgehead atoms. The van der Waals surface area contributed by atoms with E-state index in [9.17, 15) is 4.79 Å². The highest BCUT2D eigenvalue weighted by Gasteiger charge is 2.09. The lowest BCUT2D eigenvalue weighted by molar-refractivity contribution is 0.252. The molecule has 3 aromatic rings. The van der Waals surface area contributed by atoms with Crippen molar-refractivity contribution in [2.24, 2.45) is 0 Å². The third-order valence-corrected chi connectivity index (χ3v) is 3.37. The van der Waals surface area contributed by atoms with Crippen molar-refractivity contribution in [1.29, 1.82) is 0 Å². The molecule has 9 heteroatoms. The van der Waals surface area contributed by atoms with Crippen molar-refractivity contribution in [3.05, 3.63) is 30.2 Å². The van der Waals surface area contributed by atoms with Crippen LogP contribution in [-0.2, 0) is 6.42 Å². The molecule has 3 heterocycles. The van der Waals surface area contributed by atoms with E-state index in [1.807, 2.05) is 24.6 Å². The Hall–Kier alpha value is -2.97. The van der Waals surface area contributed by atoms with E-state index in [0.29, 0.717) is 30.4 Å². The molecule has 126 valence electrons. The highest BCUT2D eigenvalue weighted by Crippen LogP contribution is 2.18. The van der Waals surface area contributed by atoms with Crippen LogP contribution in [0, 0.1) is 6.92 Å². The fourth-order valence-corrected chi connectivity index (χ4v) is 2.29. The molecule has 24 heavy (non-hydrogen) atoms. The Morgan fingerprint density at radius 2 is 2.21 bits per heavy atom. The molecule has 0 unspecified atom stereocenters. The second kappa shape index (κ2) is 6.65. The van der Waals surface area contributed by atoms with Crippen LogP contribution in [0.25, 0.3) is 11.0 Å². The average molecular weight is 329 g/mol. The highest BCUT2D eigenvalue weighted by molar-refractivity contribution is 5.91. The zero-order valence-electron chi connectivity index (χ0n) is 13.8. The van der Waals surface area contributed by atoms with Crippen molar-refractivity contribution >= 4 is 22.8 Å². The number of nitrogens with one attached hydrogen (secondary N) is 2. The van der Waals surface area contributed by atoms with Gasteiger partial charge in [-0.3, -0.25) is 0 Å². The van der Waals surface area contributed by atoms with Crippen molar-refractivity contribution in [3.63, 3.8) is 0 Å². The Morgan fingerprint density at radius 1 is 1.38 bits per heavy atom. The molecular weight excluding hydrogens is 310 g/mol. The van der Waals surface area contributed by atoms with Crippen LogP contribution in [0.2, 0.25) is 0 Å². The summed E-state index contributed by atoms with van der Waals surface area (Å²) < 4.78 is 6.82. The highest BCUT2D eigenvalue weighted by atomic mass is 16.5. The number of pyridine rings is 1. The number of nitrogens with zero attached hydrogens (tertiary/aromatic N) is 5. The van der Waals surface area contributed by atoms with Gasteiger partial charge in [0, 0.05) is 24.4 Å². The molecule has 2 N–H and O–H groups in total. The molecule has 0 aliphatic rings. The monoisotopic (exact) mass is 329 g/mol. The zero-order chi connectivity index (χ0) is 17.1. The van der Waals surface area contributed by atoms with Crippen LogP contribution >= 0.6 is 0 Å². The summed E-state index contributed by atoms with van der Waals surface area (Å²) in [5, 5.41) is 14.4. The molecule has 9 nitrogen and oxygen atoms in total. The summed E-state index contributed by atoms with van der Waals surface area (Å²) in [6, 6.07) is 1.75. The summed E-state index contributed by atoms with van der Waals surface area (Å²) in [4.78, 5) is 20.4. The lowest BCUT2D eigenvalue weighted by Gasteiger charge is -2.08. The molecule has 2 amide bonds. The molecule has 0 atom stereocenters. The molecule has 0 saturated heterocycles. The lowest BCUT2D eigenvalue weighted by Crippen LogP contribution is -2.30. The maximum Gasteiger partial charge on any atom is 0.319 e. The van der Waals surface area contributed by atoms with Crippen molar-refractivity contribution < 1.29 is 9.32 Å². The van der Waals surface area contributed by atoms with Crippen LogP contribution in [-0.4, -0.2) is 37.5 Å². The molecule has 3 aromatic heterocycles. The van der Waals surface area contributed by atoms with Gasteiger partial charge in [-0.15, -0.1) is 0 Å². The number of urea groups is 1. The Morgan fingerprint density at radius 3 is 2.92 bits per heavy atom. The molecule has 3 rings (SSSR count). The number of aryl methyl sites for hydroxylation is 1. The van der Waals surface area contributed by atoms with E-state index in [4.69, 9.17) is 4.52 Å². The smallest absolute Gasteiger partial charge is 0.319 e. The fraction of sp³-hybridized carbons (Fsp3) is 0.400. The SMILES string of the molecule is Cc1noc(CCNC(=O)Nc2cnc3c(cnn3C(C)C)c2)n1. The summed E-state index contributed by atoms with van der Waals surface area (Å²) in [6.07, 6.45) is 3.83. The molecule has 0 radical (unpaired) electrons. The van der Waals surface area contributed by atoms with E-state index in [2.05, 4.69) is 30.9 Å². The van der Waals surface area contributed by atoms with Crippen molar-refractivity contribution in [2.75, 3.05) is 11.9 Å². The molecule has 0 aromatic carbocycles. The summed E-state index contributed by atoms with van der Waals surface area (Å²) in [5.41, 5.74) is 1.40. The van der Waals surface area contributed by atoms with Gasteiger partial charge in [0.15, 0.2) is 11.5 Å². The van der Waals surface area contributed by atoms with Crippen molar-refractivity contribution in [3.8, 4) is 0 Å². The van der Waals surface area contributed by atoms with Crippen LogP contribution in [0.1, 0.15) is 31.6 Å². The van der Waals surface area contributed by atoms with Crippen LogP contribution in [0.4, 0.5) is 10.5 Å². The quantitative estimate of drug-likeness (QED) is 0.741. The first-order valence-electron chi connectivity index (χ1n) is 7.70. The van der Waals surface area contributed by atoms with E-state index in [-0.39, 0.29) is 12.1 Å². The standard InChI is InChI=1S/C15H19N7O2/c1-9(2)22-14-11(7-18-22)6-12(8-17-14)20-15(23)16-5-4-13-19-10(3)21-24-13/h6-9H,4-5H2,1-3H3,(H2,16,20,23). The topological polar surface area (TPSA) is 111 Å². The van der Waals surface area contributed by atoms with Crippen molar-refractivity contribution in [2.45, 2.75) is 33.2 Å². The van der Waals surface area contributed by atoms with Crippen LogP contribution in [0.5, 0.6) is 0 Å². The first-order valence-corrected chi connectivity index (χ1v) is 7.70. The molecule has 0 aliphatic heterocycles. The maximum absolute atomic E-state index is 11.9. The average Bonchev–Trinajstić information content (AvgIpc) is 3.13. The van der Waals surface area contributed by atoms with Gasteiger partial charge >= 0.3 is 6.03 Å². The Bertz CT molecular complexity index is 853. The largest absolute Gasteiger partial charge is 0.339 e. The molecule has 0 spiro atoms. The van der Waals surface area contributed by atoms with Crippen LogP contribution in [0.3, 0.4) is 0 Å². The molecule has 0 saturated carbocycles. The van der Waals surface area contributed by atoms with E-state index in [0.717, 1.165) is 11.0 Å². The second-order valence-electron chi connectivity index (χ2n) is 5.69. The third kappa shape index (κ3) is 3.50. The minimum atomic E-state index is -0.316. The fourth-order valence-electron chi connectivity index (χ4n) is 2.29. The van der Waals surface area contributed by atoms with Gasteiger partial charge < -0.3 is 15.2 Å². The van der Waals surface area contributed by atoms with Gasteiger partial charge in [0.2, 0.25) is 5.89 Å². The van der Waals surface area contributed by atoms with E-state index >= 15 is 0 Å². The van der Waals surface area contributed by atoms with Crippen LogP contribution in [0.15, 0.2) is 23.0 Å². The lowest BCUT2D eigenvalue weighted by atomic mass is 10.3. The van der Waals surface area contributed by atoms with Gasteiger partial charge in [-0.05, 0) is 26.8 Å². The van der Waals surface area contributed by atoms with E-state index in [1.54, 1.807) is 19.3 Å². The van der Waals surface area contributed by atoms with Gasteiger partial charge in [0.25, 0.3) is 0 Å². The molecule has 0 fully saturated rings. The van der Waals surface area contributed by atoms with E-state index < -0.39 is 0 Å². The zero-order valence-corrected chi connectivity index (χ0v) is 13.8. The first kappa shape index (κ1) is 15.9. The Balaban J connectivity index is 1.57. The van der Waals surface area contributed by atoms with Gasteiger partial charge in [0.1, 0.15) is 0 Å². The number of hydrogen-bond donors (Lipinski definition) is 2. The third-order valence-electron chi connectivity index (χ3n) is 3.37. The maximum atomic E-state index is 11.9. The van der Waals surface area contributed by atoms with Gasteiger partial charge in [0.05, 0.1) is 18.1 Å². The van der Waals surface area contributed by atoms with Gasteiger partial charge in [-0.25, -0.2) is 14.5 Å². The minimum Gasteiger partial charge on any atom is -0.339 e. The number of carbonyl (C=O) groups excluding carboxylic acids is 1. The predicted octanol–water partition coefficient (Wildman–Crippen LogP) is 2.07. The predicted molar refractivity (Wildman–Crippen MR) is 87.7 cm³/mol. The first-order chi connectivity index (χ1) is 11.5. The normalized spacial score (nSPS) is 11.2. The molecule has 0 aliphatic carbocycles. The number of fused-ring (bicyclic) bond motifs is 1. The van der Waals surface area contributed by atoms with Crippen LogP contribution < -0.4 is 10.6 Å². The summed E-state index contributed by atoms with van der Waals surface area (Å²) in [6.45, 7) is 6.23. The molecular formula is C15H19N7O2. The van der Waals surface area contributed by atoms with E-state index in [1.165, 1.54) is 0 Å². The number of anilines is 1. The van der Waals surface area contributed by atoms with Gasteiger partial charge in [-0.1, -0.05) is 5.16 Å².